The molecule has 182 valence electrons. The average molecular weight is 466 g/mol. The minimum atomic E-state index is -0.361. The molecule has 1 atom stereocenters. The van der Waals surface area contributed by atoms with E-state index in [0.29, 0.717) is 30.2 Å². The quantitative estimate of drug-likeness (QED) is 0.658. The summed E-state index contributed by atoms with van der Waals surface area (Å²) in [6.45, 7) is 10.8. The van der Waals surface area contributed by atoms with Crippen molar-refractivity contribution in [3.8, 4) is 0 Å². The highest BCUT2D eigenvalue weighted by molar-refractivity contribution is 6.05. The van der Waals surface area contributed by atoms with Gasteiger partial charge < -0.3 is 10.2 Å². The van der Waals surface area contributed by atoms with E-state index in [2.05, 4.69) is 17.1 Å². The summed E-state index contributed by atoms with van der Waals surface area (Å²) in [5.74, 6) is -0.0878. The summed E-state index contributed by atoms with van der Waals surface area (Å²) in [7, 11) is 0. The van der Waals surface area contributed by atoms with Crippen molar-refractivity contribution in [2.45, 2.75) is 66.0 Å². The van der Waals surface area contributed by atoms with Crippen LogP contribution in [0, 0.1) is 32.5 Å². The van der Waals surface area contributed by atoms with Crippen LogP contribution in [0.5, 0.6) is 0 Å². The first-order valence-corrected chi connectivity index (χ1v) is 12.4. The van der Waals surface area contributed by atoms with Gasteiger partial charge in [-0.05, 0) is 75.4 Å². The summed E-state index contributed by atoms with van der Waals surface area (Å²) in [5.41, 5.74) is 4.81. The zero-order valence-corrected chi connectivity index (χ0v) is 20.8. The predicted octanol–water partition coefficient (Wildman–Crippen LogP) is 5.23. The van der Waals surface area contributed by atoms with Crippen LogP contribution in [0.1, 0.15) is 65.2 Å². The number of amides is 2. The first-order chi connectivity index (χ1) is 16.2. The third kappa shape index (κ3) is 5.33. The van der Waals surface area contributed by atoms with Crippen LogP contribution in [0.2, 0.25) is 0 Å². The normalized spacial score (nSPS) is 19.4. The van der Waals surface area contributed by atoms with Crippen molar-refractivity contribution in [2.24, 2.45) is 5.92 Å². The molecule has 0 unspecified atom stereocenters. The van der Waals surface area contributed by atoms with Gasteiger partial charge in [0.1, 0.15) is 5.82 Å². The van der Waals surface area contributed by atoms with E-state index < -0.39 is 0 Å². The number of carbonyl (C=O) groups excluding carboxylic acids is 2. The largest absolute Gasteiger partial charge is 0.337 e. The van der Waals surface area contributed by atoms with Crippen LogP contribution in [-0.2, 0) is 11.3 Å². The number of aryl methyl sites for hydroxylation is 2. The molecule has 4 rings (SSSR count). The topological polar surface area (TPSA) is 52.7 Å². The molecule has 34 heavy (non-hydrogen) atoms. The molecule has 2 aliphatic rings. The summed E-state index contributed by atoms with van der Waals surface area (Å²) in [6.07, 6.45) is 4.35. The molecule has 1 aliphatic carbocycles. The fourth-order valence-corrected chi connectivity index (χ4v) is 5.44. The highest BCUT2D eigenvalue weighted by Crippen LogP contribution is 2.29. The second kappa shape index (κ2) is 10.3. The van der Waals surface area contributed by atoms with Crippen molar-refractivity contribution in [2.75, 3.05) is 25.0 Å². The zero-order chi connectivity index (χ0) is 24.4. The third-order valence-electron chi connectivity index (χ3n) is 7.45. The number of rotatable bonds is 5. The smallest absolute Gasteiger partial charge is 0.255 e. The highest BCUT2D eigenvalue weighted by Gasteiger charge is 2.33. The molecule has 0 radical (unpaired) electrons. The average Bonchev–Trinajstić information content (AvgIpc) is 3.31. The molecule has 2 aromatic rings. The molecule has 0 spiro atoms. The van der Waals surface area contributed by atoms with Crippen LogP contribution in [-0.4, -0.2) is 47.3 Å². The molecule has 2 amide bonds. The van der Waals surface area contributed by atoms with E-state index >= 15 is 0 Å². The van der Waals surface area contributed by atoms with Crippen LogP contribution >= 0.6 is 0 Å². The van der Waals surface area contributed by atoms with Gasteiger partial charge in [-0.1, -0.05) is 30.5 Å². The van der Waals surface area contributed by atoms with Crippen LogP contribution in [0.3, 0.4) is 0 Å². The lowest BCUT2D eigenvalue weighted by molar-refractivity contribution is -0.140. The predicted molar refractivity (Wildman–Crippen MR) is 133 cm³/mol. The molecule has 2 aromatic carbocycles. The molecular formula is C28H36FN3O2. The van der Waals surface area contributed by atoms with Crippen molar-refractivity contribution < 1.29 is 14.0 Å². The summed E-state index contributed by atoms with van der Waals surface area (Å²) >= 11 is 0. The number of anilines is 1. The fraction of sp³-hybridized carbons (Fsp3) is 0.500. The SMILES string of the molecule is Cc1ccc(C(=O)Nc2cc(F)cc(CN3CCN(C(=O)C4CCCC4)[C@@H](C)C3)c2C)c(C)c1. The van der Waals surface area contributed by atoms with Gasteiger partial charge in [-0.25, -0.2) is 4.39 Å². The number of hydrogen-bond acceptors (Lipinski definition) is 3. The molecule has 2 fully saturated rings. The van der Waals surface area contributed by atoms with Crippen LogP contribution in [0.4, 0.5) is 10.1 Å². The Morgan fingerprint density at radius 2 is 1.79 bits per heavy atom. The highest BCUT2D eigenvalue weighted by atomic mass is 19.1. The summed E-state index contributed by atoms with van der Waals surface area (Å²) < 4.78 is 14.5. The van der Waals surface area contributed by atoms with Crippen molar-refractivity contribution >= 4 is 17.5 Å². The minimum absolute atomic E-state index is 0.138. The van der Waals surface area contributed by atoms with Gasteiger partial charge in [0, 0.05) is 49.4 Å². The molecule has 5 nitrogen and oxygen atoms in total. The maximum atomic E-state index is 14.5. The fourth-order valence-electron chi connectivity index (χ4n) is 5.44. The Kier molecular flexibility index (Phi) is 7.36. The van der Waals surface area contributed by atoms with E-state index in [0.717, 1.165) is 61.0 Å². The molecule has 6 heteroatoms. The lowest BCUT2D eigenvalue weighted by Gasteiger charge is -2.41. The van der Waals surface area contributed by atoms with Crippen molar-refractivity contribution in [3.05, 3.63) is 64.0 Å². The molecular weight excluding hydrogens is 429 g/mol. The molecule has 1 saturated carbocycles. The van der Waals surface area contributed by atoms with Crippen LogP contribution < -0.4 is 5.32 Å². The van der Waals surface area contributed by atoms with Gasteiger partial charge in [-0.3, -0.25) is 14.5 Å². The molecule has 1 N–H and O–H groups in total. The Morgan fingerprint density at radius 1 is 1.06 bits per heavy atom. The summed E-state index contributed by atoms with van der Waals surface area (Å²) in [5, 5.41) is 2.92. The Bertz CT molecular complexity index is 1080. The molecule has 1 heterocycles. The molecule has 0 bridgehead atoms. The third-order valence-corrected chi connectivity index (χ3v) is 7.45. The standard InChI is InChI=1S/C28H36FN3O2/c1-18-9-10-25(19(2)13-18)27(33)30-26-15-24(29)14-23(21(26)4)17-31-11-12-32(20(3)16-31)28(34)22-7-5-6-8-22/h9-10,13-15,20,22H,5-8,11-12,16-17H2,1-4H3,(H,30,33)/t20-/m0/s1. The zero-order valence-electron chi connectivity index (χ0n) is 20.8. The second-order valence-corrected chi connectivity index (χ2v) is 10.1. The van der Waals surface area contributed by atoms with Gasteiger partial charge in [-0.15, -0.1) is 0 Å². The second-order valence-electron chi connectivity index (χ2n) is 10.1. The van der Waals surface area contributed by atoms with Gasteiger partial charge in [0.25, 0.3) is 5.91 Å². The number of carbonyl (C=O) groups is 2. The van der Waals surface area contributed by atoms with E-state index in [1.54, 1.807) is 6.07 Å². The first-order valence-electron chi connectivity index (χ1n) is 12.4. The monoisotopic (exact) mass is 465 g/mol. The van der Waals surface area contributed by atoms with E-state index in [1.807, 2.05) is 43.9 Å². The maximum absolute atomic E-state index is 14.5. The van der Waals surface area contributed by atoms with E-state index in [9.17, 15) is 14.0 Å². The summed E-state index contributed by atoms with van der Waals surface area (Å²) in [4.78, 5) is 30.1. The first kappa shape index (κ1) is 24.4. The number of nitrogens with one attached hydrogen (secondary N) is 1. The van der Waals surface area contributed by atoms with Crippen molar-refractivity contribution in [1.29, 1.82) is 0 Å². The van der Waals surface area contributed by atoms with Gasteiger partial charge in [-0.2, -0.15) is 0 Å². The minimum Gasteiger partial charge on any atom is -0.337 e. The van der Waals surface area contributed by atoms with Crippen molar-refractivity contribution in [1.82, 2.24) is 9.80 Å². The van der Waals surface area contributed by atoms with Gasteiger partial charge in [0.15, 0.2) is 0 Å². The maximum Gasteiger partial charge on any atom is 0.255 e. The van der Waals surface area contributed by atoms with E-state index in [1.165, 1.54) is 6.07 Å². The van der Waals surface area contributed by atoms with Crippen molar-refractivity contribution in [3.63, 3.8) is 0 Å². The number of piperazine rings is 1. The Hall–Kier alpha value is -2.73. The van der Waals surface area contributed by atoms with Crippen LogP contribution in [0.25, 0.3) is 0 Å². The molecule has 1 aliphatic heterocycles. The Labute approximate surface area is 202 Å². The molecule has 0 aromatic heterocycles. The van der Waals surface area contributed by atoms with E-state index in [-0.39, 0.29) is 23.7 Å². The summed E-state index contributed by atoms with van der Waals surface area (Å²) in [6, 6.07) is 8.77. The Morgan fingerprint density at radius 3 is 2.47 bits per heavy atom. The molecule has 1 saturated heterocycles. The van der Waals surface area contributed by atoms with Crippen LogP contribution in [0.15, 0.2) is 30.3 Å². The number of hydrogen-bond donors (Lipinski definition) is 1. The van der Waals surface area contributed by atoms with Gasteiger partial charge in [0.2, 0.25) is 5.91 Å². The number of nitrogens with zero attached hydrogens (tertiary/aromatic N) is 2. The van der Waals surface area contributed by atoms with Gasteiger partial charge >= 0.3 is 0 Å². The van der Waals surface area contributed by atoms with Gasteiger partial charge in [0.05, 0.1) is 0 Å². The Balaban J connectivity index is 1.44. The number of halogens is 1. The number of benzene rings is 2. The van der Waals surface area contributed by atoms with E-state index in [4.69, 9.17) is 0 Å². The lowest BCUT2D eigenvalue weighted by Crippen LogP contribution is -2.54. The lowest BCUT2D eigenvalue weighted by atomic mass is 10.0.